The van der Waals surface area contributed by atoms with Gasteiger partial charge in [-0.05, 0) is 70.1 Å². The van der Waals surface area contributed by atoms with Crippen LogP contribution in [-0.4, -0.2) is 46.9 Å². The maximum Gasteiger partial charge on any atom is 0.492 e. The smallest absolute Gasteiger partial charge is 0.423 e. The summed E-state index contributed by atoms with van der Waals surface area (Å²) in [4.78, 5) is 11.3. The number of nitrogens with zero attached hydrogens (tertiary/aromatic N) is 1. The highest BCUT2D eigenvalue weighted by molar-refractivity contribution is 8.00. The Morgan fingerprint density at radius 3 is 2.75 bits per heavy atom. The first kappa shape index (κ1) is 21.6. The Bertz CT molecular complexity index is 722. The Labute approximate surface area is 170 Å². The molecule has 9 heteroatoms. The highest BCUT2D eigenvalue weighted by Crippen LogP contribution is 2.43. The van der Waals surface area contributed by atoms with Gasteiger partial charge in [0.05, 0.1) is 5.60 Å². The summed E-state index contributed by atoms with van der Waals surface area (Å²) >= 11 is 1.64. The van der Waals surface area contributed by atoms with Crippen LogP contribution in [0, 0.1) is 10.1 Å². The minimum absolute atomic E-state index is 0.179. The van der Waals surface area contributed by atoms with Crippen LogP contribution in [0.2, 0.25) is 0 Å². The van der Waals surface area contributed by atoms with Crippen LogP contribution in [0.5, 0.6) is 0 Å². The number of hydrogen-bond acceptors (Lipinski definition) is 7. The third-order valence-corrected chi connectivity index (χ3v) is 7.16. The fraction of sp³-hybridized carbons (Fsp3) is 0.684. The molecule has 2 aliphatic heterocycles. The first-order valence-electron chi connectivity index (χ1n) is 9.67. The van der Waals surface area contributed by atoms with Gasteiger partial charge in [0.25, 0.3) is 0 Å². The van der Waals surface area contributed by atoms with Gasteiger partial charge in [0.1, 0.15) is 6.10 Å². The molecule has 1 aromatic carbocycles. The molecule has 1 saturated heterocycles. The first-order valence-corrected chi connectivity index (χ1v) is 10.5. The lowest BCUT2D eigenvalue weighted by atomic mass is 9.79. The topological polar surface area (TPSA) is 91.1 Å². The monoisotopic (exact) mass is 409 g/mol. The molecule has 1 fully saturated rings. The molecule has 0 aliphatic carbocycles. The molecule has 28 heavy (non-hydrogen) atoms. The maximum absolute atomic E-state index is 10.8. The molecule has 1 aromatic rings. The van der Waals surface area contributed by atoms with Crippen LogP contribution in [0.15, 0.2) is 23.1 Å². The second-order valence-corrected chi connectivity index (χ2v) is 10.0. The van der Waals surface area contributed by atoms with E-state index in [4.69, 9.17) is 14.1 Å². The second-order valence-electron chi connectivity index (χ2n) is 8.32. The summed E-state index contributed by atoms with van der Waals surface area (Å²) in [5.41, 5.74) is 0.821. The van der Waals surface area contributed by atoms with E-state index in [2.05, 4.69) is 27.7 Å². The van der Waals surface area contributed by atoms with Crippen molar-refractivity contribution in [3.05, 3.63) is 33.9 Å². The van der Waals surface area contributed by atoms with E-state index in [9.17, 15) is 15.1 Å². The van der Waals surface area contributed by atoms with Gasteiger partial charge in [-0.3, -0.25) is 10.1 Å². The fourth-order valence-electron chi connectivity index (χ4n) is 3.39. The molecule has 0 aromatic heterocycles. The number of ether oxygens (including phenoxy) is 2. The zero-order valence-corrected chi connectivity index (χ0v) is 17.7. The summed E-state index contributed by atoms with van der Waals surface area (Å²) in [7, 11) is -1.14. The van der Waals surface area contributed by atoms with Gasteiger partial charge in [0, 0.05) is 21.2 Å². The van der Waals surface area contributed by atoms with Crippen LogP contribution in [0.25, 0.3) is 0 Å². The van der Waals surface area contributed by atoms with Gasteiger partial charge in [0.15, 0.2) is 6.29 Å². The van der Waals surface area contributed by atoms with E-state index >= 15 is 0 Å². The van der Waals surface area contributed by atoms with E-state index < -0.39 is 23.7 Å². The molecule has 1 N–H and O–H groups in total. The average molecular weight is 409 g/mol. The number of rotatable bonds is 7. The molecule has 0 bridgehead atoms. The summed E-state index contributed by atoms with van der Waals surface area (Å²) in [6.45, 7) is 8.76. The highest BCUT2D eigenvalue weighted by atomic mass is 32.2. The molecule has 0 spiro atoms. The lowest BCUT2D eigenvalue weighted by Crippen LogP contribution is -2.48. The van der Waals surface area contributed by atoms with Crippen LogP contribution in [-0.2, 0) is 14.1 Å². The SMILES string of the molecule is CC(C)(OC1CCCCO1)C(C)(C)Sc1ccc2c(c1)B(O)OC2C[N+](=O)[O-]. The van der Waals surface area contributed by atoms with Gasteiger partial charge in [-0.2, -0.15) is 0 Å². The fourth-order valence-corrected chi connectivity index (χ4v) is 4.60. The third kappa shape index (κ3) is 4.71. The zero-order valence-electron chi connectivity index (χ0n) is 16.8. The number of fused-ring (bicyclic) bond motifs is 1. The molecule has 2 atom stereocenters. The van der Waals surface area contributed by atoms with Crippen LogP contribution in [0.1, 0.15) is 58.6 Å². The molecule has 0 saturated carbocycles. The molecular formula is C19H28BNO6S. The van der Waals surface area contributed by atoms with Crippen molar-refractivity contribution < 1.29 is 24.1 Å². The van der Waals surface area contributed by atoms with Crippen LogP contribution in [0.3, 0.4) is 0 Å². The summed E-state index contributed by atoms with van der Waals surface area (Å²) < 4.78 is 17.1. The van der Waals surface area contributed by atoms with E-state index in [1.165, 1.54) is 0 Å². The summed E-state index contributed by atoms with van der Waals surface area (Å²) in [5.74, 6) is 0. The third-order valence-electron chi connectivity index (χ3n) is 5.67. The maximum atomic E-state index is 10.8. The van der Waals surface area contributed by atoms with Gasteiger partial charge < -0.3 is 19.2 Å². The average Bonchev–Trinajstić information content (AvgIpc) is 2.89. The van der Waals surface area contributed by atoms with Crippen LogP contribution >= 0.6 is 11.8 Å². The van der Waals surface area contributed by atoms with Crippen LogP contribution < -0.4 is 5.46 Å². The molecule has 2 aliphatic rings. The van der Waals surface area contributed by atoms with Crippen molar-refractivity contribution in [2.45, 2.75) is 74.6 Å². The Hall–Kier alpha value is -1.13. The van der Waals surface area contributed by atoms with Crippen molar-refractivity contribution in [3.8, 4) is 0 Å². The highest BCUT2D eigenvalue weighted by Gasteiger charge is 2.42. The van der Waals surface area contributed by atoms with Gasteiger partial charge in [-0.25, -0.2) is 0 Å². The van der Waals surface area contributed by atoms with Crippen molar-refractivity contribution in [1.29, 1.82) is 0 Å². The standard InChI is InChI=1S/C19H28BNO6S/c1-18(2,26-17-7-5-6-10-25-17)19(3,4)28-13-8-9-14-15(11-13)20(22)27-16(14)12-21(23)24/h8-9,11,16-17,22H,5-7,10,12H2,1-4H3. The predicted octanol–water partition coefficient (Wildman–Crippen LogP) is 2.91. The lowest BCUT2D eigenvalue weighted by Gasteiger charge is -2.43. The number of benzene rings is 1. The Morgan fingerprint density at radius 2 is 2.11 bits per heavy atom. The van der Waals surface area contributed by atoms with E-state index in [1.54, 1.807) is 11.8 Å². The number of hydrogen-bond donors (Lipinski definition) is 1. The Balaban J connectivity index is 1.73. The minimum atomic E-state index is -1.14. The molecule has 154 valence electrons. The summed E-state index contributed by atoms with van der Waals surface area (Å²) in [6.07, 6.45) is 2.21. The molecule has 2 heterocycles. The second kappa shape index (κ2) is 8.32. The molecule has 2 unspecified atom stereocenters. The normalized spacial score (nSPS) is 23.0. The quantitative estimate of drug-likeness (QED) is 0.320. The van der Waals surface area contributed by atoms with E-state index in [0.717, 1.165) is 30.8 Å². The lowest BCUT2D eigenvalue weighted by molar-refractivity contribution is -0.490. The van der Waals surface area contributed by atoms with E-state index in [-0.39, 0.29) is 17.6 Å². The van der Waals surface area contributed by atoms with Gasteiger partial charge in [0.2, 0.25) is 6.54 Å². The molecule has 3 rings (SSSR count). The number of thioether (sulfide) groups is 1. The van der Waals surface area contributed by atoms with Crippen molar-refractivity contribution >= 4 is 24.3 Å². The minimum Gasteiger partial charge on any atom is -0.423 e. The summed E-state index contributed by atoms with van der Waals surface area (Å²) in [5, 5.41) is 21.0. The molecule has 0 radical (unpaired) electrons. The van der Waals surface area contributed by atoms with Crippen molar-refractivity contribution in [2.75, 3.05) is 13.2 Å². The predicted molar refractivity (Wildman–Crippen MR) is 108 cm³/mol. The number of nitro groups is 1. The zero-order chi connectivity index (χ0) is 20.5. The van der Waals surface area contributed by atoms with E-state index in [1.807, 2.05) is 18.2 Å². The van der Waals surface area contributed by atoms with Crippen molar-refractivity contribution in [3.63, 3.8) is 0 Å². The first-order chi connectivity index (χ1) is 13.1. The molecular weight excluding hydrogens is 381 g/mol. The largest absolute Gasteiger partial charge is 0.492 e. The Kier molecular flexibility index (Phi) is 6.41. The van der Waals surface area contributed by atoms with Crippen molar-refractivity contribution in [1.82, 2.24) is 0 Å². The van der Waals surface area contributed by atoms with Gasteiger partial charge >= 0.3 is 7.12 Å². The van der Waals surface area contributed by atoms with Gasteiger partial charge in [-0.1, -0.05) is 6.07 Å². The van der Waals surface area contributed by atoms with Crippen LogP contribution in [0.4, 0.5) is 0 Å². The van der Waals surface area contributed by atoms with E-state index in [0.29, 0.717) is 11.0 Å². The molecule has 7 nitrogen and oxygen atoms in total. The van der Waals surface area contributed by atoms with Crippen molar-refractivity contribution in [2.24, 2.45) is 0 Å². The Morgan fingerprint density at radius 1 is 1.36 bits per heavy atom. The molecule has 0 amide bonds. The van der Waals surface area contributed by atoms with Gasteiger partial charge in [-0.15, -0.1) is 11.8 Å². The summed E-state index contributed by atoms with van der Waals surface area (Å²) in [6, 6.07) is 5.60.